The smallest absolute Gasteiger partial charge is 0.126 e. The van der Waals surface area contributed by atoms with E-state index < -0.39 is 0 Å². The first kappa shape index (κ1) is 23.2. The third kappa shape index (κ3) is 6.46. The Morgan fingerprint density at radius 2 is 1.86 bits per heavy atom. The SMILES string of the molecule is C=S(CC(C)(C=O)CCCC)c1ccc(N(C)C)cc1Cc1ccc(OC)cc1. The van der Waals surface area contributed by atoms with E-state index in [1.165, 1.54) is 21.7 Å². The highest BCUT2D eigenvalue weighted by atomic mass is 32.2. The third-order valence-corrected chi connectivity index (χ3v) is 7.34. The summed E-state index contributed by atoms with van der Waals surface area (Å²) in [6.07, 6.45) is 5.09. The molecule has 2 aromatic carbocycles. The molecule has 0 bridgehead atoms. The lowest BCUT2D eigenvalue weighted by Crippen LogP contribution is -2.22. The van der Waals surface area contributed by atoms with Crippen molar-refractivity contribution in [2.45, 2.75) is 44.4 Å². The zero-order valence-corrected chi connectivity index (χ0v) is 19.3. The summed E-state index contributed by atoms with van der Waals surface area (Å²) in [4.78, 5) is 15.2. The second kappa shape index (κ2) is 10.6. The minimum absolute atomic E-state index is 0.243. The van der Waals surface area contributed by atoms with Gasteiger partial charge in [-0.25, -0.2) is 0 Å². The van der Waals surface area contributed by atoms with Gasteiger partial charge in [-0.15, -0.1) is 0 Å². The fourth-order valence-electron chi connectivity index (χ4n) is 3.45. The van der Waals surface area contributed by atoms with E-state index in [-0.39, 0.29) is 15.9 Å². The van der Waals surface area contributed by atoms with Crippen LogP contribution in [0.2, 0.25) is 0 Å². The molecule has 0 spiro atoms. The first-order valence-electron chi connectivity index (χ1n) is 10.2. The fourth-order valence-corrected chi connectivity index (χ4v) is 5.37. The van der Waals surface area contributed by atoms with Crippen LogP contribution >= 0.6 is 10.5 Å². The van der Waals surface area contributed by atoms with E-state index >= 15 is 0 Å². The molecule has 4 heteroatoms. The predicted molar refractivity (Wildman–Crippen MR) is 128 cm³/mol. The van der Waals surface area contributed by atoms with Crippen molar-refractivity contribution in [1.82, 2.24) is 0 Å². The van der Waals surface area contributed by atoms with Crippen LogP contribution in [0.15, 0.2) is 47.4 Å². The summed E-state index contributed by atoms with van der Waals surface area (Å²) in [6, 6.07) is 14.9. The Labute approximate surface area is 179 Å². The number of hydrogen-bond donors (Lipinski definition) is 0. The van der Waals surface area contributed by atoms with Gasteiger partial charge in [-0.3, -0.25) is 0 Å². The van der Waals surface area contributed by atoms with Crippen LogP contribution in [0.5, 0.6) is 5.75 Å². The van der Waals surface area contributed by atoms with Crippen molar-refractivity contribution < 1.29 is 9.53 Å². The number of carbonyl (C=O) groups excluding carboxylic acids is 1. The molecule has 0 aliphatic rings. The number of anilines is 1. The summed E-state index contributed by atoms with van der Waals surface area (Å²) in [6.45, 7) is 4.25. The van der Waals surface area contributed by atoms with Gasteiger partial charge in [0, 0.05) is 35.8 Å². The van der Waals surface area contributed by atoms with E-state index in [1.807, 2.05) is 12.1 Å². The number of aldehydes is 1. The highest BCUT2D eigenvalue weighted by Crippen LogP contribution is 2.38. The molecule has 2 atom stereocenters. The number of methoxy groups -OCH3 is 1. The van der Waals surface area contributed by atoms with Gasteiger partial charge in [-0.1, -0.05) is 44.7 Å². The van der Waals surface area contributed by atoms with Crippen molar-refractivity contribution in [2.75, 3.05) is 31.9 Å². The lowest BCUT2D eigenvalue weighted by Gasteiger charge is -2.26. The van der Waals surface area contributed by atoms with Crippen LogP contribution in [-0.4, -0.2) is 39.1 Å². The van der Waals surface area contributed by atoms with Crippen LogP contribution in [0.25, 0.3) is 0 Å². The number of unbranched alkanes of at least 4 members (excludes halogenated alkanes) is 1. The Kier molecular flexibility index (Phi) is 8.51. The highest BCUT2D eigenvalue weighted by Gasteiger charge is 2.25. The predicted octanol–water partition coefficient (Wildman–Crippen LogP) is 5.81. The normalized spacial score (nSPS) is 14.1. The Balaban J connectivity index is 2.34. The van der Waals surface area contributed by atoms with Crippen LogP contribution in [0.3, 0.4) is 0 Å². The maximum Gasteiger partial charge on any atom is 0.126 e. The van der Waals surface area contributed by atoms with Gasteiger partial charge in [0.05, 0.1) is 7.11 Å². The minimum Gasteiger partial charge on any atom is -0.497 e. The molecule has 0 N–H and O–H groups in total. The topological polar surface area (TPSA) is 29.5 Å². The second-order valence-electron chi connectivity index (χ2n) is 8.22. The van der Waals surface area contributed by atoms with Crippen molar-refractivity contribution in [3.05, 3.63) is 53.6 Å². The van der Waals surface area contributed by atoms with Crippen molar-refractivity contribution >= 4 is 28.3 Å². The second-order valence-corrected chi connectivity index (χ2v) is 9.94. The fraction of sp³-hybridized carbons (Fsp3) is 0.440. The van der Waals surface area contributed by atoms with Crippen LogP contribution < -0.4 is 9.64 Å². The molecule has 0 radical (unpaired) electrons. The summed E-state index contributed by atoms with van der Waals surface area (Å²) < 4.78 is 5.28. The average molecular weight is 414 g/mol. The number of nitrogens with zero attached hydrogens (tertiary/aromatic N) is 1. The maximum atomic E-state index is 11.8. The van der Waals surface area contributed by atoms with E-state index in [9.17, 15) is 4.79 Å². The molecule has 0 saturated carbocycles. The summed E-state index contributed by atoms with van der Waals surface area (Å²) in [7, 11) is 5.56. The third-order valence-electron chi connectivity index (χ3n) is 5.32. The van der Waals surface area contributed by atoms with Gasteiger partial charge in [0.25, 0.3) is 0 Å². The summed E-state index contributed by atoms with van der Waals surface area (Å²) >= 11 is 0. The first-order valence-corrected chi connectivity index (χ1v) is 11.8. The van der Waals surface area contributed by atoms with Gasteiger partial charge in [0.1, 0.15) is 12.0 Å². The molecule has 0 aliphatic carbocycles. The maximum absolute atomic E-state index is 11.8. The zero-order valence-electron chi connectivity index (χ0n) is 18.5. The molecule has 0 amide bonds. The van der Waals surface area contributed by atoms with Crippen LogP contribution in [0, 0.1) is 5.41 Å². The lowest BCUT2D eigenvalue weighted by atomic mass is 9.89. The Morgan fingerprint density at radius 3 is 2.41 bits per heavy atom. The standard InChI is InChI=1S/C25H35NO2S/c1-7-8-15-25(2,18-27)19-29(6)24-14-11-22(26(3)4)17-21(24)16-20-9-12-23(28-5)13-10-20/h9-14,17-18H,6-8,15-16,19H2,1-5H3. The number of hydrogen-bond acceptors (Lipinski definition) is 3. The van der Waals surface area contributed by atoms with Crippen LogP contribution in [0.4, 0.5) is 5.69 Å². The molecule has 3 nitrogen and oxygen atoms in total. The van der Waals surface area contributed by atoms with E-state index in [1.54, 1.807) is 7.11 Å². The van der Waals surface area contributed by atoms with Crippen LogP contribution in [-0.2, 0) is 11.2 Å². The first-order chi connectivity index (χ1) is 13.8. The molecule has 0 aliphatic heterocycles. The molecular formula is C25H35NO2S. The van der Waals surface area contributed by atoms with E-state index in [2.05, 4.69) is 69.0 Å². The average Bonchev–Trinajstić information content (AvgIpc) is 2.72. The van der Waals surface area contributed by atoms with Crippen molar-refractivity contribution in [2.24, 2.45) is 5.41 Å². The molecular weight excluding hydrogens is 378 g/mol. The molecule has 2 unspecified atom stereocenters. The molecule has 0 heterocycles. The number of rotatable bonds is 11. The van der Waals surface area contributed by atoms with Gasteiger partial charge in [-0.05, 0) is 54.3 Å². The number of benzene rings is 2. The van der Waals surface area contributed by atoms with Gasteiger partial charge in [0.2, 0.25) is 0 Å². The largest absolute Gasteiger partial charge is 0.497 e. The molecule has 0 saturated heterocycles. The van der Waals surface area contributed by atoms with Crippen molar-refractivity contribution in [3.8, 4) is 5.75 Å². The zero-order chi connectivity index (χ0) is 21.4. The Morgan fingerprint density at radius 1 is 1.17 bits per heavy atom. The molecule has 0 fully saturated rings. The molecule has 0 aromatic heterocycles. The molecule has 2 rings (SSSR count). The molecule has 29 heavy (non-hydrogen) atoms. The van der Waals surface area contributed by atoms with Gasteiger partial charge in [0.15, 0.2) is 0 Å². The van der Waals surface area contributed by atoms with Crippen molar-refractivity contribution in [1.29, 1.82) is 0 Å². The number of ether oxygens (including phenoxy) is 1. The quantitative estimate of drug-likeness (QED) is 0.344. The van der Waals surface area contributed by atoms with E-state index in [4.69, 9.17) is 4.74 Å². The number of carbonyl (C=O) groups is 1. The van der Waals surface area contributed by atoms with E-state index in [0.29, 0.717) is 0 Å². The minimum atomic E-state index is -0.307. The summed E-state index contributed by atoms with van der Waals surface area (Å²) in [5.74, 6) is 6.15. The Hall–Kier alpha value is -2.07. The van der Waals surface area contributed by atoms with Gasteiger partial charge >= 0.3 is 0 Å². The van der Waals surface area contributed by atoms with E-state index in [0.717, 1.165) is 43.5 Å². The Bertz CT molecular complexity index is 829. The summed E-state index contributed by atoms with van der Waals surface area (Å²) in [5, 5.41) is 0. The van der Waals surface area contributed by atoms with Crippen LogP contribution in [0.1, 0.15) is 44.2 Å². The summed E-state index contributed by atoms with van der Waals surface area (Å²) in [5.41, 5.74) is 3.39. The lowest BCUT2D eigenvalue weighted by molar-refractivity contribution is -0.114. The van der Waals surface area contributed by atoms with Crippen molar-refractivity contribution in [3.63, 3.8) is 0 Å². The van der Waals surface area contributed by atoms with Gasteiger partial charge in [-0.2, -0.15) is 10.5 Å². The molecule has 2 aromatic rings. The molecule has 158 valence electrons. The monoisotopic (exact) mass is 413 g/mol. The highest BCUT2D eigenvalue weighted by molar-refractivity contribution is 8.14. The van der Waals surface area contributed by atoms with Gasteiger partial charge < -0.3 is 14.4 Å².